The Morgan fingerprint density at radius 2 is 2.12 bits per heavy atom. The summed E-state index contributed by atoms with van der Waals surface area (Å²) < 4.78 is 0. The van der Waals surface area contributed by atoms with E-state index in [-0.39, 0.29) is 17.9 Å². The fourth-order valence-corrected chi connectivity index (χ4v) is 1.95. The molecule has 0 aromatic heterocycles. The lowest BCUT2D eigenvalue weighted by Gasteiger charge is -2.29. The molecule has 0 radical (unpaired) electrons. The zero-order chi connectivity index (χ0) is 12.7. The van der Waals surface area contributed by atoms with Crippen molar-refractivity contribution >= 4 is 11.9 Å². The number of amides is 2. The van der Waals surface area contributed by atoms with Crippen LogP contribution in [0, 0.1) is 0 Å². The molecule has 4 N–H and O–H groups in total. The van der Waals surface area contributed by atoms with Crippen LogP contribution in [-0.2, 0) is 0 Å². The van der Waals surface area contributed by atoms with Crippen LogP contribution in [0.15, 0.2) is 5.16 Å². The first-order valence-electron chi connectivity index (χ1n) is 6.19. The van der Waals surface area contributed by atoms with Crippen LogP contribution in [0.1, 0.15) is 39.0 Å². The Morgan fingerprint density at radius 3 is 2.65 bits per heavy atom. The molecular formula is C11H22N4O2. The maximum Gasteiger partial charge on any atom is 0.317 e. The van der Waals surface area contributed by atoms with Crippen LogP contribution in [0.25, 0.3) is 0 Å². The summed E-state index contributed by atoms with van der Waals surface area (Å²) in [4.78, 5) is 13.7. The number of oxime groups is 1. The third kappa shape index (κ3) is 4.50. The summed E-state index contributed by atoms with van der Waals surface area (Å²) in [5.74, 6) is 0.149. The van der Waals surface area contributed by atoms with E-state index in [2.05, 4.69) is 10.5 Å². The Morgan fingerprint density at radius 1 is 1.47 bits per heavy atom. The highest BCUT2D eigenvalue weighted by Gasteiger charge is 2.19. The molecule has 1 unspecified atom stereocenters. The van der Waals surface area contributed by atoms with Gasteiger partial charge in [-0.3, -0.25) is 0 Å². The predicted octanol–water partition coefficient (Wildman–Crippen LogP) is 1.10. The number of carbonyl (C=O) groups is 1. The molecule has 98 valence electrons. The number of carbonyl (C=O) groups excluding carboxylic acids is 1. The molecule has 0 aromatic carbocycles. The largest absolute Gasteiger partial charge is 0.409 e. The van der Waals surface area contributed by atoms with Crippen molar-refractivity contribution in [2.24, 2.45) is 10.9 Å². The molecule has 6 heteroatoms. The Labute approximate surface area is 102 Å². The molecule has 1 saturated heterocycles. The Hall–Kier alpha value is -1.46. The molecule has 2 amide bonds. The summed E-state index contributed by atoms with van der Waals surface area (Å²) >= 11 is 0. The molecular weight excluding hydrogens is 220 g/mol. The van der Waals surface area contributed by atoms with Gasteiger partial charge in [0.25, 0.3) is 0 Å². The van der Waals surface area contributed by atoms with E-state index in [1.807, 2.05) is 11.8 Å². The van der Waals surface area contributed by atoms with Crippen molar-refractivity contribution in [3.8, 4) is 0 Å². The average molecular weight is 242 g/mol. The molecule has 1 heterocycles. The minimum atomic E-state index is -0.0691. The van der Waals surface area contributed by atoms with E-state index < -0.39 is 0 Å². The summed E-state index contributed by atoms with van der Waals surface area (Å²) in [6.45, 7) is 3.61. The van der Waals surface area contributed by atoms with Gasteiger partial charge < -0.3 is 21.2 Å². The summed E-state index contributed by atoms with van der Waals surface area (Å²) in [5, 5.41) is 14.3. The molecule has 1 aliphatic rings. The number of amidine groups is 1. The minimum Gasteiger partial charge on any atom is -0.409 e. The first-order chi connectivity index (χ1) is 8.17. The van der Waals surface area contributed by atoms with Crippen molar-refractivity contribution < 1.29 is 10.0 Å². The fraction of sp³-hybridized carbons (Fsp3) is 0.818. The maximum absolute atomic E-state index is 11.9. The van der Waals surface area contributed by atoms with Crippen LogP contribution < -0.4 is 11.1 Å². The molecule has 6 nitrogen and oxygen atoms in total. The van der Waals surface area contributed by atoms with E-state index in [1.165, 1.54) is 6.42 Å². The van der Waals surface area contributed by atoms with Gasteiger partial charge in [-0.15, -0.1) is 0 Å². The topological polar surface area (TPSA) is 91.0 Å². The van der Waals surface area contributed by atoms with Crippen LogP contribution in [0.4, 0.5) is 4.79 Å². The van der Waals surface area contributed by atoms with E-state index >= 15 is 0 Å². The Kier molecular flexibility index (Phi) is 5.59. The standard InChI is InChI=1S/C11H22N4O2/c1-2-9(8-10(12)14-17)13-11(16)15-6-4-3-5-7-15/h9,17H,2-8H2,1H3,(H2,12,14)(H,13,16). The van der Waals surface area contributed by atoms with Gasteiger partial charge in [-0.05, 0) is 25.7 Å². The third-order valence-corrected chi connectivity index (χ3v) is 3.05. The Balaban J connectivity index is 2.41. The van der Waals surface area contributed by atoms with E-state index in [9.17, 15) is 4.79 Å². The van der Waals surface area contributed by atoms with Crippen molar-refractivity contribution in [3.05, 3.63) is 0 Å². The number of rotatable bonds is 4. The lowest BCUT2D eigenvalue weighted by molar-refractivity contribution is 0.182. The van der Waals surface area contributed by atoms with Gasteiger partial charge in [-0.2, -0.15) is 0 Å². The van der Waals surface area contributed by atoms with Gasteiger partial charge in [-0.25, -0.2) is 4.79 Å². The number of nitrogens with one attached hydrogen (secondary N) is 1. The van der Waals surface area contributed by atoms with Gasteiger partial charge in [-0.1, -0.05) is 12.1 Å². The number of likely N-dealkylation sites (tertiary alicyclic amines) is 1. The van der Waals surface area contributed by atoms with Crippen LogP contribution in [-0.4, -0.2) is 41.1 Å². The number of hydrogen-bond donors (Lipinski definition) is 3. The molecule has 0 aliphatic carbocycles. The smallest absolute Gasteiger partial charge is 0.317 e. The molecule has 1 rings (SSSR count). The predicted molar refractivity (Wildman–Crippen MR) is 66.1 cm³/mol. The number of nitrogens with two attached hydrogens (primary N) is 1. The van der Waals surface area contributed by atoms with Crippen LogP contribution in [0.2, 0.25) is 0 Å². The molecule has 0 bridgehead atoms. The normalized spacial score (nSPS) is 18.9. The fourth-order valence-electron chi connectivity index (χ4n) is 1.95. The molecule has 17 heavy (non-hydrogen) atoms. The van der Waals surface area contributed by atoms with E-state index in [0.29, 0.717) is 6.42 Å². The number of nitrogens with zero attached hydrogens (tertiary/aromatic N) is 2. The van der Waals surface area contributed by atoms with E-state index in [0.717, 1.165) is 32.4 Å². The number of urea groups is 1. The quantitative estimate of drug-likeness (QED) is 0.298. The lowest BCUT2D eigenvalue weighted by Crippen LogP contribution is -2.47. The maximum atomic E-state index is 11.9. The van der Waals surface area contributed by atoms with E-state index in [4.69, 9.17) is 10.9 Å². The monoisotopic (exact) mass is 242 g/mol. The molecule has 1 fully saturated rings. The summed E-state index contributed by atoms with van der Waals surface area (Å²) in [5.41, 5.74) is 5.44. The summed E-state index contributed by atoms with van der Waals surface area (Å²) in [6, 6.07) is -0.109. The highest BCUT2D eigenvalue weighted by Crippen LogP contribution is 2.09. The zero-order valence-electron chi connectivity index (χ0n) is 10.4. The summed E-state index contributed by atoms with van der Waals surface area (Å²) in [7, 11) is 0. The SMILES string of the molecule is CCC(CC(N)=NO)NC(=O)N1CCCCC1. The van der Waals surface area contributed by atoms with Crippen molar-refractivity contribution in [2.45, 2.75) is 45.1 Å². The number of hydrogen-bond acceptors (Lipinski definition) is 3. The third-order valence-electron chi connectivity index (χ3n) is 3.05. The van der Waals surface area contributed by atoms with Crippen LogP contribution in [0.3, 0.4) is 0 Å². The zero-order valence-corrected chi connectivity index (χ0v) is 10.4. The molecule has 0 spiro atoms. The summed E-state index contributed by atoms with van der Waals surface area (Å²) in [6.07, 6.45) is 4.49. The molecule has 0 aromatic rings. The minimum absolute atomic E-state index is 0.0395. The highest BCUT2D eigenvalue weighted by molar-refractivity contribution is 5.81. The van der Waals surface area contributed by atoms with Crippen molar-refractivity contribution in [3.63, 3.8) is 0 Å². The first kappa shape index (κ1) is 13.6. The molecule has 1 aliphatic heterocycles. The van der Waals surface area contributed by atoms with Crippen LogP contribution >= 0.6 is 0 Å². The second-order valence-corrected chi connectivity index (χ2v) is 4.40. The lowest BCUT2D eigenvalue weighted by atomic mass is 10.1. The van der Waals surface area contributed by atoms with Gasteiger partial charge in [0, 0.05) is 25.6 Å². The van der Waals surface area contributed by atoms with Crippen molar-refractivity contribution in [2.75, 3.05) is 13.1 Å². The van der Waals surface area contributed by atoms with Gasteiger partial charge >= 0.3 is 6.03 Å². The van der Waals surface area contributed by atoms with Gasteiger partial charge in [0.1, 0.15) is 5.84 Å². The van der Waals surface area contributed by atoms with Crippen molar-refractivity contribution in [1.29, 1.82) is 0 Å². The number of piperidine rings is 1. The van der Waals surface area contributed by atoms with Gasteiger partial charge in [0.15, 0.2) is 0 Å². The molecule has 1 atom stereocenters. The Bertz CT molecular complexity index is 275. The van der Waals surface area contributed by atoms with E-state index in [1.54, 1.807) is 0 Å². The van der Waals surface area contributed by atoms with Crippen molar-refractivity contribution in [1.82, 2.24) is 10.2 Å². The highest BCUT2D eigenvalue weighted by atomic mass is 16.4. The first-order valence-corrected chi connectivity index (χ1v) is 6.19. The van der Waals surface area contributed by atoms with Gasteiger partial charge in [0.05, 0.1) is 0 Å². The second-order valence-electron chi connectivity index (χ2n) is 4.40. The van der Waals surface area contributed by atoms with Crippen LogP contribution in [0.5, 0.6) is 0 Å². The average Bonchev–Trinajstić information content (AvgIpc) is 2.38. The van der Waals surface area contributed by atoms with Gasteiger partial charge in [0.2, 0.25) is 0 Å². The molecule has 0 saturated carbocycles. The second kappa shape index (κ2) is 6.98.